The molecule has 0 radical (unpaired) electrons. The number of amides is 1. The zero-order valence-electron chi connectivity index (χ0n) is 12.9. The zero-order valence-corrected chi connectivity index (χ0v) is 15.3. The van der Waals surface area contributed by atoms with Crippen LogP contribution in [0.25, 0.3) is 5.69 Å². The number of anilines is 1. The molecule has 0 fully saturated rings. The van der Waals surface area contributed by atoms with Gasteiger partial charge in [-0.2, -0.15) is 4.68 Å². The average Bonchev–Trinajstić information content (AvgIpc) is 3.06. The number of rotatable bonds is 5. The Morgan fingerprint density at radius 1 is 1.28 bits per heavy atom. The van der Waals surface area contributed by atoms with Crippen LogP contribution in [0.1, 0.15) is 6.92 Å². The van der Waals surface area contributed by atoms with Crippen molar-refractivity contribution >= 4 is 46.7 Å². The van der Waals surface area contributed by atoms with E-state index in [-0.39, 0.29) is 16.7 Å². The molecule has 25 heavy (non-hydrogen) atoms. The van der Waals surface area contributed by atoms with Crippen molar-refractivity contribution in [3.05, 3.63) is 52.6 Å². The Hall–Kier alpha value is -2.16. The van der Waals surface area contributed by atoms with Crippen molar-refractivity contribution < 1.29 is 4.79 Å². The van der Waals surface area contributed by atoms with E-state index in [1.807, 2.05) is 30.3 Å². The normalized spacial score (nSPS) is 12.0. The second-order valence-corrected chi connectivity index (χ2v) is 7.09. The average molecular weight is 395 g/mol. The van der Waals surface area contributed by atoms with Gasteiger partial charge in [-0.15, -0.1) is 5.10 Å². The van der Waals surface area contributed by atoms with Gasteiger partial charge in [-0.1, -0.05) is 53.2 Å². The standard InChI is InChI=1S/C15H12Cl2N6OS/c1-9(14(24)19-13-12(17)7-10(16)8-18-13)25-15-20-21-22-23(15)11-5-3-2-4-6-11/h2-9H,1H3,(H,18,19,24). The highest BCUT2D eigenvalue weighted by Crippen LogP contribution is 2.26. The molecule has 0 spiro atoms. The summed E-state index contributed by atoms with van der Waals surface area (Å²) < 4.78 is 1.57. The molecule has 7 nitrogen and oxygen atoms in total. The summed E-state index contributed by atoms with van der Waals surface area (Å²) in [5.74, 6) is -0.0181. The Bertz CT molecular complexity index is 889. The van der Waals surface area contributed by atoms with E-state index < -0.39 is 5.25 Å². The molecule has 1 unspecified atom stereocenters. The minimum Gasteiger partial charge on any atom is -0.308 e. The molecule has 1 amide bonds. The van der Waals surface area contributed by atoms with E-state index in [0.29, 0.717) is 10.2 Å². The summed E-state index contributed by atoms with van der Waals surface area (Å²) in [6, 6.07) is 10.9. The maximum absolute atomic E-state index is 12.4. The SMILES string of the molecule is CC(Sc1nnnn1-c1ccccc1)C(=O)Nc1ncc(Cl)cc1Cl. The Labute approximate surface area is 157 Å². The van der Waals surface area contributed by atoms with E-state index in [9.17, 15) is 4.79 Å². The summed E-state index contributed by atoms with van der Waals surface area (Å²) in [6.45, 7) is 1.74. The third kappa shape index (κ3) is 4.28. The molecule has 2 aromatic heterocycles. The summed E-state index contributed by atoms with van der Waals surface area (Å²) in [5.41, 5.74) is 0.810. The molecular formula is C15H12Cl2N6OS. The molecule has 10 heteroatoms. The van der Waals surface area contributed by atoms with Crippen LogP contribution in [0.4, 0.5) is 5.82 Å². The van der Waals surface area contributed by atoms with Crippen molar-refractivity contribution in [2.24, 2.45) is 0 Å². The predicted molar refractivity (Wildman–Crippen MR) is 97.4 cm³/mol. The minimum atomic E-state index is -0.470. The van der Waals surface area contributed by atoms with Crippen LogP contribution >= 0.6 is 35.0 Å². The number of nitrogens with zero attached hydrogens (tertiary/aromatic N) is 5. The molecule has 0 saturated carbocycles. The third-order valence-electron chi connectivity index (χ3n) is 3.14. The lowest BCUT2D eigenvalue weighted by molar-refractivity contribution is -0.115. The lowest BCUT2D eigenvalue weighted by Crippen LogP contribution is -2.23. The maximum Gasteiger partial charge on any atom is 0.238 e. The molecule has 1 atom stereocenters. The van der Waals surface area contributed by atoms with Crippen molar-refractivity contribution in [2.45, 2.75) is 17.3 Å². The first-order chi connectivity index (χ1) is 12.0. The number of para-hydroxylation sites is 1. The third-order valence-corrected chi connectivity index (χ3v) is 4.67. The van der Waals surface area contributed by atoms with Gasteiger partial charge in [0.15, 0.2) is 5.82 Å². The van der Waals surface area contributed by atoms with E-state index >= 15 is 0 Å². The van der Waals surface area contributed by atoms with E-state index in [2.05, 4.69) is 25.8 Å². The highest BCUT2D eigenvalue weighted by molar-refractivity contribution is 8.00. The molecule has 128 valence electrons. The van der Waals surface area contributed by atoms with Gasteiger partial charge in [0, 0.05) is 6.20 Å². The number of tetrazole rings is 1. The molecular weight excluding hydrogens is 383 g/mol. The van der Waals surface area contributed by atoms with Gasteiger partial charge >= 0.3 is 0 Å². The molecule has 0 aliphatic rings. The smallest absolute Gasteiger partial charge is 0.238 e. The quantitative estimate of drug-likeness (QED) is 0.666. The van der Waals surface area contributed by atoms with Crippen LogP contribution in [-0.4, -0.2) is 36.3 Å². The van der Waals surface area contributed by atoms with E-state index in [4.69, 9.17) is 23.2 Å². The van der Waals surface area contributed by atoms with Crippen molar-refractivity contribution in [2.75, 3.05) is 5.32 Å². The van der Waals surface area contributed by atoms with Gasteiger partial charge in [0.05, 0.1) is 21.0 Å². The summed E-state index contributed by atoms with van der Waals surface area (Å²) in [6.07, 6.45) is 1.41. The first-order valence-electron chi connectivity index (χ1n) is 7.17. The highest BCUT2D eigenvalue weighted by Gasteiger charge is 2.20. The van der Waals surface area contributed by atoms with Crippen LogP contribution < -0.4 is 5.32 Å². The number of carbonyl (C=O) groups is 1. The van der Waals surface area contributed by atoms with Gasteiger partial charge in [-0.05, 0) is 35.5 Å². The number of hydrogen-bond donors (Lipinski definition) is 1. The first kappa shape index (κ1) is 17.7. The number of carbonyl (C=O) groups excluding carboxylic acids is 1. The number of nitrogens with one attached hydrogen (secondary N) is 1. The fraction of sp³-hybridized carbons (Fsp3) is 0.133. The Kier molecular flexibility index (Phi) is 5.52. The molecule has 1 N–H and O–H groups in total. The second-order valence-electron chi connectivity index (χ2n) is 4.94. The number of thioether (sulfide) groups is 1. The van der Waals surface area contributed by atoms with Crippen molar-refractivity contribution in [3.63, 3.8) is 0 Å². The Morgan fingerprint density at radius 3 is 2.76 bits per heavy atom. The molecule has 2 heterocycles. The van der Waals surface area contributed by atoms with E-state index in [0.717, 1.165) is 5.69 Å². The van der Waals surface area contributed by atoms with Gasteiger partial charge in [0.1, 0.15) is 0 Å². The molecule has 3 aromatic rings. The Balaban J connectivity index is 1.71. The molecule has 0 aliphatic carbocycles. The second kappa shape index (κ2) is 7.81. The number of benzene rings is 1. The number of hydrogen-bond acceptors (Lipinski definition) is 6. The summed E-state index contributed by atoms with van der Waals surface area (Å²) in [5, 5.41) is 15.0. The lowest BCUT2D eigenvalue weighted by Gasteiger charge is -2.12. The maximum atomic E-state index is 12.4. The Morgan fingerprint density at radius 2 is 2.04 bits per heavy atom. The topological polar surface area (TPSA) is 85.6 Å². The van der Waals surface area contributed by atoms with Crippen LogP contribution in [0.2, 0.25) is 10.0 Å². The van der Waals surface area contributed by atoms with Crippen LogP contribution in [0, 0.1) is 0 Å². The van der Waals surface area contributed by atoms with Crippen LogP contribution in [-0.2, 0) is 4.79 Å². The van der Waals surface area contributed by atoms with Gasteiger partial charge in [-0.3, -0.25) is 4.79 Å². The van der Waals surface area contributed by atoms with Gasteiger partial charge < -0.3 is 5.32 Å². The van der Waals surface area contributed by atoms with Crippen LogP contribution in [0.15, 0.2) is 47.8 Å². The molecule has 1 aromatic carbocycles. The minimum absolute atomic E-state index is 0.256. The first-order valence-corrected chi connectivity index (χ1v) is 8.80. The lowest BCUT2D eigenvalue weighted by atomic mass is 10.3. The molecule has 0 bridgehead atoms. The van der Waals surface area contributed by atoms with Gasteiger partial charge in [-0.25, -0.2) is 4.98 Å². The fourth-order valence-electron chi connectivity index (χ4n) is 1.92. The monoisotopic (exact) mass is 394 g/mol. The number of halogens is 2. The van der Waals surface area contributed by atoms with E-state index in [1.54, 1.807) is 11.6 Å². The molecule has 3 rings (SSSR count). The molecule has 0 aliphatic heterocycles. The highest BCUT2D eigenvalue weighted by atomic mass is 35.5. The molecule has 0 saturated heterocycles. The summed E-state index contributed by atoms with van der Waals surface area (Å²) >= 11 is 13.0. The van der Waals surface area contributed by atoms with E-state index in [1.165, 1.54) is 24.0 Å². The van der Waals surface area contributed by atoms with Crippen molar-refractivity contribution in [3.8, 4) is 5.69 Å². The fourth-order valence-corrected chi connectivity index (χ4v) is 3.16. The van der Waals surface area contributed by atoms with Gasteiger partial charge in [0.25, 0.3) is 0 Å². The number of aromatic nitrogens is 5. The van der Waals surface area contributed by atoms with Crippen LogP contribution in [0.5, 0.6) is 0 Å². The zero-order chi connectivity index (χ0) is 17.8. The van der Waals surface area contributed by atoms with Gasteiger partial charge in [0.2, 0.25) is 11.1 Å². The van der Waals surface area contributed by atoms with Crippen molar-refractivity contribution in [1.29, 1.82) is 0 Å². The predicted octanol–water partition coefficient (Wildman–Crippen LogP) is 3.48. The number of pyridine rings is 1. The largest absolute Gasteiger partial charge is 0.308 e. The van der Waals surface area contributed by atoms with Crippen LogP contribution in [0.3, 0.4) is 0 Å². The summed E-state index contributed by atoms with van der Waals surface area (Å²) in [4.78, 5) is 16.4. The van der Waals surface area contributed by atoms with Crippen molar-refractivity contribution in [1.82, 2.24) is 25.2 Å². The summed E-state index contributed by atoms with van der Waals surface area (Å²) in [7, 11) is 0.